The van der Waals surface area contributed by atoms with Crippen molar-refractivity contribution >= 4 is 37.5 Å². The number of rotatable bonds is 9. The summed E-state index contributed by atoms with van der Waals surface area (Å²) < 4.78 is 6.65. The van der Waals surface area contributed by atoms with Crippen LogP contribution in [0.15, 0.2) is 22.7 Å². The van der Waals surface area contributed by atoms with Crippen molar-refractivity contribution in [3.05, 3.63) is 32.8 Å². The van der Waals surface area contributed by atoms with Gasteiger partial charge in [-0.15, -0.1) is 0 Å². The molecular formula is C15H21Br2NO3. The van der Waals surface area contributed by atoms with E-state index in [-0.39, 0.29) is 11.1 Å². The summed E-state index contributed by atoms with van der Waals surface area (Å²) in [7, 11) is 0. The van der Waals surface area contributed by atoms with E-state index in [1.165, 1.54) is 12.1 Å². The zero-order valence-corrected chi connectivity index (χ0v) is 15.6. The number of benzene rings is 1. The smallest absolute Gasteiger partial charge is 0.273 e. The number of hydrogen-bond acceptors (Lipinski definition) is 3. The Morgan fingerprint density at radius 1 is 1.29 bits per heavy atom. The summed E-state index contributed by atoms with van der Waals surface area (Å²) in [4.78, 5) is 10.4. The highest BCUT2D eigenvalue weighted by molar-refractivity contribution is 9.10. The fraction of sp³-hybridized carbons (Fsp3) is 0.600. The zero-order chi connectivity index (χ0) is 15.9. The van der Waals surface area contributed by atoms with Gasteiger partial charge < -0.3 is 4.74 Å². The quantitative estimate of drug-likeness (QED) is 0.290. The minimum atomic E-state index is -0.408. The fourth-order valence-electron chi connectivity index (χ4n) is 2.45. The van der Waals surface area contributed by atoms with Crippen LogP contribution in [-0.4, -0.2) is 16.9 Å². The van der Waals surface area contributed by atoms with Crippen molar-refractivity contribution in [2.75, 3.05) is 11.9 Å². The summed E-state index contributed by atoms with van der Waals surface area (Å²) in [6.45, 7) is 4.88. The average Bonchev–Trinajstić information content (AvgIpc) is 2.46. The van der Waals surface area contributed by atoms with Crippen LogP contribution < -0.4 is 4.74 Å². The number of alkyl halides is 1. The average molecular weight is 423 g/mol. The van der Waals surface area contributed by atoms with E-state index < -0.39 is 4.92 Å². The van der Waals surface area contributed by atoms with Gasteiger partial charge in [-0.25, -0.2) is 0 Å². The van der Waals surface area contributed by atoms with Crippen molar-refractivity contribution in [2.24, 2.45) is 5.41 Å². The fourth-order valence-corrected chi connectivity index (χ4v) is 3.53. The molecular weight excluding hydrogens is 402 g/mol. The third-order valence-electron chi connectivity index (χ3n) is 3.50. The van der Waals surface area contributed by atoms with Crippen LogP contribution in [0, 0.1) is 15.5 Å². The van der Waals surface area contributed by atoms with Crippen molar-refractivity contribution in [3.8, 4) is 5.75 Å². The molecule has 0 saturated heterocycles. The van der Waals surface area contributed by atoms with E-state index in [1.54, 1.807) is 6.07 Å². The minimum absolute atomic E-state index is 0.0450. The van der Waals surface area contributed by atoms with Crippen LogP contribution in [-0.2, 0) is 0 Å². The standard InChI is InChI=1S/C15H21Br2NO3/c1-3-7-15(10-16,8-4-2)11-21-14-9-12(18(19)20)5-6-13(14)17/h5-6,9H,3-4,7-8,10-11H2,1-2H3. The summed E-state index contributed by atoms with van der Waals surface area (Å²) in [5.41, 5.74) is 0.122. The number of hydrogen-bond donors (Lipinski definition) is 0. The molecule has 21 heavy (non-hydrogen) atoms. The summed E-state index contributed by atoms with van der Waals surface area (Å²) in [6.07, 6.45) is 4.31. The van der Waals surface area contributed by atoms with E-state index >= 15 is 0 Å². The first-order valence-electron chi connectivity index (χ1n) is 7.10. The molecule has 0 aromatic heterocycles. The third-order valence-corrected chi connectivity index (χ3v) is 5.35. The molecule has 0 bridgehead atoms. The van der Waals surface area contributed by atoms with Crippen LogP contribution in [0.3, 0.4) is 0 Å². The number of non-ortho nitro benzene ring substituents is 1. The molecule has 6 heteroatoms. The number of nitro groups is 1. The molecule has 0 aliphatic heterocycles. The van der Waals surface area contributed by atoms with Crippen molar-refractivity contribution in [2.45, 2.75) is 39.5 Å². The van der Waals surface area contributed by atoms with E-state index in [0.717, 1.165) is 35.5 Å². The predicted molar refractivity (Wildman–Crippen MR) is 92.3 cm³/mol. The molecule has 0 atom stereocenters. The number of nitro benzene ring substituents is 1. The van der Waals surface area contributed by atoms with Crippen LogP contribution in [0.1, 0.15) is 39.5 Å². The molecule has 0 radical (unpaired) electrons. The Labute approximate surface area is 142 Å². The Kier molecular flexibility index (Phi) is 7.66. The lowest BCUT2D eigenvalue weighted by Crippen LogP contribution is -2.30. The molecule has 0 fully saturated rings. The van der Waals surface area contributed by atoms with Crippen molar-refractivity contribution in [1.29, 1.82) is 0 Å². The first-order chi connectivity index (χ1) is 9.98. The second kappa shape index (κ2) is 8.73. The normalized spacial score (nSPS) is 11.4. The van der Waals surface area contributed by atoms with Gasteiger partial charge in [0.1, 0.15) is 5.75 Å². The second-order valence-corrected chi connectivity index (χ2v) is 6.71. The number of halogens is 2. The number of nitrogens with zero attached hydrogens (tertiary/aromatic N) is 1. The highest BCUT2D eigenvalue weighted by atomic mass is 79.9. The minimum Gasteiger partial charge on any atom is -0.492 e. The van der Waals surface area contributed by atoms with Crippen molar-refractivity contribution in [3.63, 3.8) is 0 Å². The summed E-state index contributed by atoms with van der Waals surface area (Å²) in [5.74, 6) is 0.529. The molecule has 0 saturated carbocycles. The van der Waals surface area contributed by atoms with Gasteiger partial charge in [0, 0.05) is 16.8 Å². The van der Waals surface area contributed by atoms with E-state index in [1.807, 2.05) is 0 Å². The van der Waals surface area contributed by atoms with Crippen LogP contribution in [0.2, 0.25) is 0 Å². The Hall–Kier alpha value is -0.620. The summed E-state index contributed by atoms with van der Waals surface area (Å²) in [5, 5.41) is 11.7. The third kappa shape index (κ3) is 5.25. The Morgan fingerprint density at radius 3 is 2.38 bits per heavy atom. The maximum absolute atomic E-state index is 10.9. The van der Waals surface area contributed by atoms with Gasteiger partial charge in [0.25, 0.3) is 5.69 Å². The molecule has 0 aliphatic rings. The number of ether oxygens (including phenoxy) is 1. The molecule has 0 heterocycles. The maximum Gasteiger partial charge on any atom is 0.273 e. The lowest BCUT2D eigenvalue weighted by molar-refractivity contribution is -0.385. The van der Waals surface area contributed by atoms with Crippen molar-refractivity contribution < 1.29 is 9.66 Å². The summed E-state index contributed by atoms with van der Waals surface area (Å²) in [6, 6.07) is 4.59. The van der Waals surface area contributed by atoms with Gasteiger partial charge >= 0.3 is 0 Å². The Balaban J connectivity index is 2.88. The van der Waals surface area contributed by atoms with Gasteiger partial charge in [-0.3, -0.25) is 10.1 Å². The van der Waals surface area contributed by atoms with Gasteiger partial charge in [-0.1, -0.05) is 42.6 Å². The van der Waals surface area contributed by atoms with Gasteiger partial charge in [0.05, 0.1) is 22.1 Å². The molecule has 1 aromatic carbocycles. The molecule has 0 N–H and O–H groups in total. The molecule has 0 unspecified atom stereocenters. The van der Waals surface area contributed by atoms with Gasteiger partial charge in [0.2, 0.25) is 0 Å². The maximum atomic E-state index is 10.9. The SMILES string of the molecule is CCCC(CBr)(CCC)COc1cc([N+](=O)[O-])ccc1Br. The highest BCUT2D eigenvalue weighted by Crippen LogP contribution is 2.35. The van der Waals surface area contributed by atoms with Crippen LogP contribution in [0.4, 0.5) is 5.69 Å². The lowest BCUT2D eigenvalue weighted by Gasteiger charge is -2.31. The predicted octanol–water partition coefficient (Wildman–Crippen LogP) is 5.72. The van der Waals surface area contributed by atoms with Crippen LogP contribution in [0.25, 0.3) is 0 Å². The molecule has 0 amide bonds. The zero-order valence-electron chi connectivity index (χ0n) is 12.4. The first kappa shape index (κ1) is 18.4. The van der Waals surface area contributed by atoms with Crippen LogP contribution >= 0.6 is 31.9 Å². The molecule has 0 spiro atoms. The van der Waals surface area contributed by atoms with Gasteiger partial charge in [-0.2, -0.15) is 0 Å². The van der Waals surface area contributed by atoms with E-state index in [9.17, 15) is 10.1 Å². The van der Waals surface area contributed by atoms with E-state index in [4.69, 9.17) is 4.74 Å². The van der Waals surface area contributed by atoms with Gasteiger partial charge in [-0.05, 0) is 34.8 Å². The topological polar surface area (TPSA) is 52.4 Å². The largest absolute Gasteiger partial charge is 0.492 e. The Morgan fingerprint density at radius 2 is 1.90 bits per heavy atom. The molecule has 0 aliphatic carbocycles. The van der Waals surface area contributed by atoms with E-state index in [0.29, 0.717) is 12.4 Å². The Bertz CT molecular complexity index is 474. The molecule has 1 aromatic rings. The van der Waals surface area contributed by atoms with Crippen LogP contribution in [0.5, 0.6) is 5.75 Å². The second-order valence-electron chi connectivity index (χ2n) is 5.29. The molecule has 118 valence electrons. The molecule has 1 rings (SSSR count). The highest BCUT2D eigenvalue weighted by Gasteiger charge is 2.28. The lowest BCUT2D eigenvalue weighted by atomic mass is 9.82. The van der Waals surface area contributed by atoms with E-state index in [2.05, 4.69) is 45.7 Å². The first-order valence-corrected chi connectivity index (χ1v) is 9.02. The van der Waals surface area contributed by atoms with Crippen molar-refractivity contribution in [1.82, 2.24) is 0 Å². The monoisotopic (exact) mass is 421 g/mol. The summed E-state index contributed by atoms with van der Waals surface area (Å²) >= 11 is 6.99. The molecule has 4 nitrogen and oxygen atoms in total. The van der Waals surface area contributed by atoms with Gasteiger partial charge in [0.15, 0.2) is 0 Å².